The lowest BCUT2D eigenvalue weighted by molar-refractivity contribution is 0.793. The maximum atomic E-state index is 12.4. The van der Waals surface area contributed by atoms with Crippen molar-refractivity contribution in [2.45, 2.75) is 6.54 Å². The highest BCUT2D eigenvalue weighted by Crippen LogP contribution is 2.32. The number of fused-ring (bicyclic) bond motifs is 1. The number of hydrogen-bond acceptors (Lipinski definition) is 4. The van der Waals surface area contributed by atoms with Crippen molar-refractivity contribution in [1.29, 1.82) is 0 Å². The molecule has 8 heteroatoms. The minimum atomic E-state index is -0.122. The smallest absolute Gasteiger partial charge is 0.251 e. The maximum Gasteiger partial charge on any atom is 0.251 e. The molecule has 0 aliphatic rings. The largest absolute Gasteiger partial charge is 0.399 e. The van der Waals surface area contributed by atoms with Crippen LogP contribution in [0.2, 0.25) is 10.0 Å². The first-order valence-corrected chi connectivity index (χ1v) is 8.51. The fraction of sp³-hybridized carbons (Fsp3) is 0.0556. The summed E-state index contributed by atoms with van der Waals surface area (Å²) in [5, 5.41) is 5.16. The second-order valence-corrected chi connectivity index (χ2v) is 6.59. The highest BCUT2D eigenvalue weighted by atomic mass is 35.5. The number of pyridine rings is 2. The van der Waals surface area contributed by atoms with Gasteiger partial charge < -0.3 is 10.3 Å². The zero-order valence-electron chi connectivity index (χ0n) is 13.4. The zero-order valence-corrected chi connectivity index (χ0v) is 14.9. The summed E-state index contributed by atoms with van der Waals surface area (Å²) in [6.07, 6.45) is 5.01. The van der Waals surface area contributed by atoms with Gasteiger partial charge in [0.25, 0.3) is 5.56 Å². The Morgan fingerprint density at radius 2 is 1.69 bits per heavy atom. The first-order valence-electron chi connectivity index (χ1n) is 7.76. The van der Waals surface area contributed by atoms with Gasteiger partial charge in [0.2, 0.25) is 0 Å². The molecule has 130 valence electrons. The molecule has 0 radical (unpaired) electrons. The lowest BCUT2D eigenvalue weighted by atomic mass is 10.2. The van der Waals surface area contributed by atoms with Crippen molar-refractivity contribution < 1.29 is 0 Å². The first-order chi connectivity index (χ1) is 12.5. The summed E-state index contributed by atoms with van der Waals surface area (Å²) in [6, 6.07) is 10.2. The van der Waals surface area contributed by atoms with E-state index in [-0.39, 0.29) is 5.56 Å². The summed E-state index contributed by atoms with van der Waals surface area (Å²) < 4.78 is 3.26. The van der Waals surface area contributed by atoms with Crippen LogP contribution in [0.4, 0.5) is 5.69 Å². The molecule has 2 N–H and O–H groups in total. The van der Waals surface area contributed by atoms with E-state index in [2.05, 4.69) is 10.1 Å². The van der Waals surface area contributed by atoms with Crippen LogP contribution in [0.25, 0.3) is 16.7 Å². The quantitative estimate of drug-likeness (QED) is 0.547. The molecule has 0 aliphatic carbocycles. The Balaban J connectivity index is 1.91. The van der Waals surface area contributed by atoms with Gasteiger partial charge in [-0.25, -0.2) is 4.68 Å². The summed E-state index contributed by atoms with van der Waals surface area (Å²) in [4.78, 5) is 16.4. The Hall–Kier alpha value is -2.83. The van der Waals surface area contributed by atoms with E-state index in [0.717, 1.165) is 5.56 Å². The molecule has 1 aromatic carbocycles. The molecule has 4 aromatic rings. The van der Waals surface area contributed by atoms with Crippen LogP contribution in [-0.4, -0.2) is 19.3 Å². The number of aromatic nitrogens is 4. The van der Waals surface area contributed by atoms with Gasteiger partial charge in [-0.15, -0.1) is 0 Å². The molecule has 0 aliphatic heterocycles. The van der Waals surface area contributed by atoms with Crippen LogP contribution < -0.4 is 11.3 Å². The SMILES string of the molecule is Nc1cc(Cl)c(-n2ncc3c2ccc(=O)n3Cc2ccncc2)c(Cl)c1. The van der Waals surface area contributed by atoms with Gasteiger partial charge in [0.05, 0.1) is 33.8 Å². The van der Waals surface area contributed by atoms with E-state index in [9.17, 15) is 4.79 Å². The minimum Gasteiger partial charge on any atom is -0.399 e. The van der Waals surface area contributed by atoms with Gasteiger partial charge in [0.1, 0.15) is 5.69 Å². The fourth-order valence-corrected chi connectivity index (χ4v) is 3.54. The lowest BCUT2D eigenvalue weighted by Crippen LogP contribution is -2.19. The molecule has 3 aromatic heterocycles. The number of nitrogens with zero attached hydrogens (tertiary/aromatic N) is 4. The van der Waals surface area contributed by atoms with Crippen LogP contribution in [0.5, 0.6) is 0 Å². The Morgan fingerprint density at radius 1 is 1.00 bits per heavy atom. The van der Waals surface area contributed by atoms with E-state index in [0.29, 0.717) is 39.0 Å². The summed E-state index contributed by atoms with van der Waals surface area (Å²) in [7, 11) is 0. The zero-order chi connectivity index (χ0) is 18.3. The number of hydrogen-bond donors (Lipinski definition) is 1. The average Bonchev–Trinajstić information content (AvgIpc) is 3.01. The highest BCUT2D eigenvalue weighted by molar-refractivity contribution is 6.38. The topological polar surface area (TPSA) is 78.7 Å². The summed E-state index contributed by atoms with van der Waals surface area (Å²) in [5.74, 6) is 0. The molecule has 26 heavy (non-hydrogen) atoms. The predicted octanol–water partition coefficient (Wildman–Crippen LogP) is 3.52. The molecule has 0 amide bonds. The van der Waals surface area contributed by atoms with Gasteiger partial charge in [-0.05, 0) is 35.9 Å². The van der Waals surface area contributed by atoms with Crippen molar-refractivity contribution in [3.63, 3.8) is 0 Å². The molecule has 6 nitrogen and oxygen atoms in total. The van der Waals surface area contributed by atoms with E-state index in [4.69, 9.17) is 28.9 Å². The molecule has 0 unspecified atom stereocenters. The van der Waals surface area contributed by atoms with E-state index in [1.165, 1.54) is 6.07 Å². The lowest BCUT2D eigenvalue weighted by Gasteiger charge is -2.11. The third-order valence-corrected chi connectivity index (χ3v) is 4.64. The molecule has 0 spiro atoms. The molecule has 3 heterocycles. The second-order valence-electron chi connectivity index (χ2n) is 5.77. The van der Waals surface area contributed by atoms with Gasteiger partial charge in [-0.3, -0.25) is 9.78 Å². The number of nitrogens with two attached hydrogens (primary N) is 1. The molecular formula is C18H13Cl2N5O. The summed E-state index contributed by atoms with van der Waals surface area (Å²) >= 11 is 12.7. The third-order valence-electron chi connectivity index (χ3n) is 4.07. The number of rotatable bonds is 3. The van der Waals surface area contributed by atoms with E-state index in [1.807, 2.05) is 12.1 Å². The highest BCUT2D eigenvalue weighted by Gasteiger charge is 2.15. The van der Waals surface area contributed by atoms with E-state index in [1.54, 1.807) is 46.0 Å². The molecule has 4 rings (SSSR count). The van der Waals surface area contributed by atoms with E-state index < -0.39 is 0 Å². The monoisotopic (exact) mass is 385 g/mol. The van der Waals surface area contributed by atoms with Crippen molar-refractivity contribution in [3.8, 4) is 5.69 Å². The molecule has 0 fully saturated rings. The first kappa shape index (κ1) is 16.6. The molecule has 0 atom stereocenters. The van der Waals surface area contributed by atoms with Crippen molar-refractivity contribution >= 4 is 39.9 Å². The van der Waals surface area contributed by atoms with Crippen molar-refractivity contribution in [2.24, 2.45) is 0 Å². The van der Waals surface area contributed by atoms with Crippen LogP contribution in [0.3, 0.4) is 0 Å². The van der Waals surface area contributed by atoms with Crippen LogP contribution >= 0.6 is 23.2 Å². The molecular weight excluding hydrogens is 373 g/mol. The predicted molar refractivity (Wildman–Crippen MR) is 103 cm³/mol. The van der Waals surface area contributed by atoms with Crippen LogP contribution in [0, 0.1) is 0 Å². The molecule has 0 saturated heterocycles. The Kier molecular flexibility index (Phi) is 4.14. The third kappa shape index (κ3) is 2.83. The Labute approximate surface area is 158 Å². The van der Waals surface area contributed by atoms with Crippen molar-refractivity contribution in [3.05, 3.63) is 81.0 Å². The van der Waals surface area contributed by atoms with Crippen LogP contribution in [0.15, 0.2) is 59.8 Å². The fourth-order valence-electron chi connectivity index (χ4n) is 2.87. The average molecular weight is 386 g/mol. The van der Waals surface area contributed by atoms with Gasteiger partial charge in [-0.1, -0.05) is 23.2 Å². The van der Waals surface area contributed by atoms with Gasteiger partial charge >= 0.3 is 0 Å². The normalized spacial score (nSPS) is 11.2. The Morgan fingerprint density at radius 3 is 2.38 bits per heavy atom. The van der Waals surface area contributed by atoms with Crippen LogP contribution in [-0.2, 0) is 6.54 Å². The van der Waals surface area contributed by atoms with Crippen molar-refractivity contribution in [1.82, 2.24) is 19.3 Å². The molecule has 0 saturated carbocycles. The Bertz CT molecular complexity index is 1140. The number of benzene rings is 1. The van der Waals surface area contributed by atoms with Crippen LogP contribution in [0.1, 0.15) is 5.56 Å². The second kappa shape index (κ2) is 6.48. The van der Waals surface area contributed by atoms with Gasteiger partial charge in [0, 0.05) is 24.1 Å². The summed E-state index contributed by atoms with van der Waals surface area (Å²) in [6.45, 7) is 0.410. The van der Waals surface area contributed by atoms with E-state index >= 15 is 0 Å². The van der Waals surface area contributed by atoms with Gasteiger partial charge in [0.15, 0.2) is 0 Å². The van der Waals surface area contributed by atoms with Gasteiger partial charge in [-0.2, -0.15) is 5.10 Å². The maximum absolute atomic E-state index is 12.4. The number of nitrogen functional groups attached to an aromatic ring is 1. The molecule has 0 bridgehead atoms. The standard InChI is InChI=1S/C18H13Cl2N5O/c19-13-7-12(21)8-14(20)18(13)25-15-1-2-17(26)24(16(15)9-23-25)10-11-3-5-22-6-4-11/h1-9H,10,21H2. The minimum absolute atomic E-state index is 0.122. The van der Waals surface area contributed by atoms with Crippen molar-refractivity contribution in [2.75, 3.05) is 5.73 Å². The summed E-state index contributed by atoms with van der Waals surface area (Å²) in [5.41, 5.74) is 9.00. The number of halogens is 2. The number of anilines is 1.